The molecule has 1 N–H and O–H groups in total. The van der Waals surface area contributed by atoms with Gasteiger partial charge in [-0.3, -0.25) is 9.59 Å². The molecule has 0 aliphatic rings. The lowest BCUT2D eigenvalue weighted by Crippen LogP contribution is -2.26. The summed E-state index contributed by atoms with van der Waals surface area (Å²) >= 11 is 6.02. The molecule has 1 amide bonds. The van der Waals surface area contributed by atoms with E-state index in [2.05, 4.69) is 5.32 Å². The normalized spacial score (nSPS) is 10.2. The van der Waals surface area contributed by atoms with Crippen LogP contribution in [0.25, 0.3) is 0 Å². The van der Waals surface area contributed by atoms with Crippen molar-refractivity contribution in [1.29, 1.82) is 0 Å². The number of halogens is 1. The van der Waals surface area contributed by atoms with E-state index in [0.29, 0.717) is 10.7 Å². The number of nitrogens with zero attached hydrogens (tertiary/aromatic N) is 1. The molecule has 4 nitrogen and oxygen atoms in total. The van der Waals surface area contributed by atoms with E-state index in [0.717, 1.165) is 5.56 Å². The number of aromatic nitrogens is 1. The van der Waals surface area contributed by atoms with Gasteiger partial charge in [0, 0.05) is 12.3 Å². The Hall–Kier alpha value is -2.07. The van der Waals surface area contributed by atoms with Crippen LogP contribution in [-0.2, 0) is 11.3 Å². The fourth-order valence-corrected chi connectivity index (χ4v) is 1.94. The molecule has 19 heavy (non-hydrogen) atoms. The van der Waals surface area contributed by atoms with E-state index >= 15 is 0 Å². The zero-order valence-electron chi connectivity index (χ0n) is 10.4. The molecule has 2 aromatic rings. The molecule has 0 spiro atoms. The van der Waals surface area contributed by atoms with Crippen molar-refractivity contribution in [3.8, 4) is 0 Å². The summed E-state index contributed by atoms with van der Waals surface area (Å²) in [6.07, 6.45) is 1.57. The van der Waals surface area contributed by atoms with Crippen LogP contribution in [0.4, 0.5) is 5.69 Å². The smallest absolute Gasteiger partial charge is 0.250 e. The van der Waals surface area contributed by atoms with Crippen LogP contribution in [0, 0.1) is 6.92 Å². The Morgan fingerprint density at radius 3 is 2.79 bits per heavy atom. The number of carbonyl (C=O) groups is 1. The molecule has 98 valence electrons. The molecule has 1 aromatic carbocycles. The van der Waals surface area contributed by atoms with Gasteiger partial charge in [0.05, 0.1) is 10.7 Å². The summed E-state index contributed by atoms with van der Waals surface area (Å²) in [6, 6.07) is 10.1. The zero-order chi connectivity index (χ0) is 13.8. The van der Waals surface area contributed by atoms with E-state index in [9.17, 15) is 9.59 Å². The van der Waals surface area contributed by atoms with Gasteiger partial charge in [0.15, 0.2) is 0 Å². The van der Waals surface area contributed by atoms with Crippen LogP contribution in [0.5, 0.6) is 0 Å². The van der Waals surface area contributed by atoms with Gasteiger partial charge in [0.2, 0.25) is 5.91 Å². The minimum absolute atomic E-state index is 0.0378. The summed E-state index contributed by atoms with van der Waals surface area (Å²) in [5.41, 5.74) is 1.34. The molecule has 0 bridgehead atoms. The second-order valence-electron chi connectivity index (χ2n) is 4.20. The maximum atomic E-state index is 11.8. The van der Waals surface area contributed by atoms with Crippen molar-refractivity contribution < 1.29 is 4.79 Å². The molecule has 2 rings (SSSR count). The Morgan fingerprint density at radius 2 is 2.11 bits per heavy atom. The van der Waals surface area contributed by atoms with E-state index in [1.54, 1.807) is 30.5 Å². The lowest BCUT2D eigenvalue weighted by molar-refractivity contribution is -0.116. The van der Waals surface area contributed by atoms with Crippen LogP contribution in [0.2, 0.25) is 5.02 Å². The van der Waals surface area contributed by atoms with Gasteiger partial charge in [0.25, 0.3) is 5.56 Å². The molecule has 5 heteroatoms. The van der Waals surface area contributed by atoms with Crippen molar-refractivity contribution in [3.63, 3.8) is 0 Å². The number of benzene rings is 1. The molecular formula is C14H13ClN2O2. The summed E-state index contributed by atoms with van der Waals surface area (Å²) in [5, 5.41) is 3.16. The van der Waals surface area contributed by atoms with Crippen molar-refractivity contribution >= 4 is 23.2 Å². The first kappa shape index (κ1) is 13.4. The van der Waals surface area contributed by atoms with Gasteiger partial charge >= 0.3 is 0 Å². The summed E-state index contributed by atoms with van der Waals surface area (Å²) in [5.74, 6) is -0.293. The lowest BCUT2D eigenvalue weighted by atomic mass is 10.2. The Morgan fingerprint density at radius 1 is 1.32 bits per heavy atom. The van der Waals surface area contributed by atoms with Crippen LogP contribution in [0.1, 0.15) is 5.56 Å². The zero-order valence-corrected chi connectivity index (χ0v) is 11.1. The number of aryl methyl sites for hydroxylation is 1. The molecule has 0 saturated heterocycles. The van der Waals surface area contributed by atoms with E-state index in [1.165, 1.54) is 10.6 Å². The van der Waals surface area contributed by atoms with Crippen molar-refractivity contribution in [2.75, 3.05) is 5.32 Å². The average Bonchev–Trinajstić information content (AvgIpc) is 2.36. The highest BCUT2D eigenvalue weighted by atomic mass is 35.5. The predicted molar refractivity (Wildman–Crippen MR) is 75.5 cm³/mol. The van der Waals surface area contributed by atoms with Gasteiger partial charge in [-0.1, -0.05) is 23.7 Å². The van der Waals surface area contributed by atoms with Gasteiger partial charge in [-0.2, -0.15) is 0 Å². The molecular weight excluding hydrogens is 264 g/mol. The fraction of sp³-hybridized carbons (Fsp3) is 0.143. The second-order valence-corrected chi connectivity index (χ2v) is 4.61. The largest absolute Gasteiger partial charge is 0.323 e. The third kappa shape index (κ3) is 3.45. The number of anilines is 1. The molecule has 1 aromatic heterocycles. The number of rotatable bonds is 3. The third-order valence-electron chi connectivity index (χ3n) is 2.61. The number of pyridine rings is 1. The highest BCUT2D eigenvalue weighted by molar-refractivity contribution is 6.33. The molecule has 0 unspecified atom stereocenters. The van der Waals surface area contributed by atoms with Gasteiger partial charge in [-0.25, -0.2) is 0 Å². The molecule has 0 atom stereocenters. The number of hydrogen-bond donors (Lipinski definition) is 1. The van der Waals surface area contributed by atoms with Crippen molar-refractivity contribution in [2.24, 2.45) is 0 Å². The van der Waals surface area contributed by atoms with E-state index in [-0.39, 0.29) is 18.0 Å². The summed E-state index contributed by atoms with van der Waals surface area (Å²) in [7, 11) is 0. The van der Waals surface area contributed by atoms with E-state index < -0.39 is 0 Å². The second kappa shape index (κ2) is 5.71. The van der Waals surface area contributed by atoms with Crippen molar-refractivity contribution in [3.05, 3.63) is 63.5 Å². The first-order valence-corrected chi connectivity index (χ1v) is 6.15. The molecule has 1 heterocycles. The van der Waals surface area contributed by atoms with E-state index in [1.807, 2.05) is 13.0 Å². The van der Waals surface area contributed by atoms with Gasteiger partial charge in [0.1, 0.15) is 6.54 Å². The minimum atomic E-state index is -0.293. The number of carbonyl (C=O) groups excluding carboxylic acids is 1. The molecule has 0 aliphatic heterocycles. The standard InChI is InChI=1S/C14H13ClN2O2/c1-10-5-6-12(11(15)8-10)16-13(18)9-17-7-3-2-4-14(17)19/h2-8H,9H2,1H3,(H,16,18). The number of nitrogens with one attached hydrogen (secondary N) is 1. The van der Waals surface area contributed by atoms with Gasteiger partial charge in [-0.15, -0.1) is 0 Å². The van der Waals surface area contributed by atoms with E-state index in [4.69, 9.17) is 11.6 Å². The lowest BCUT2D eigenvalue weighted by Gasteiger charge is -2.09. The Balaban J connectivity index is 2.10. The topological polar surface area (TPSA) is 51.1 Å². The Kier molecular flexibility index (Phi) is 4.02. The maximum Gasteiger partial charge on any atom is 0.250 e. The van der Waals surface area contributed by atoms with Crippen LogP contribution in [0.3, 0.4) is 0 Å². The van der Waals surface area contributed by atoms with Gasteiger partial charge in [-0.05, 0) is 30.7 Å². The molecule has 0 aliphatic carbocycles. The highest BCUT2D eigenvalue weighted by Gasteiger charge is 2.07. The van der Waals surface area contributed by atoms with Crippen molar-refractivity contribution in [2.45, 2.75) is 13.5 Å². The minimum Gasteiger partial charge on any atom is -0.323 e. The van der Waals surface area contributed by atoms with Crippen LogP contribution >= 0.6 is 11.6 Å². The number of amides is 1. The fourth-order valence-electron chi connectivity index (χ4n) is 1.66. The molecule has 0 radical (unpaired) electrons. The average molecular weight is 277 g/mol. The first-order chi connectivity index (χ1) is 9.06. The monoisotopic (exact) mass is 276 g/mol. The third-order valence-corrected chi connectivity index (χ3v) is 2.92. The summed E-state index contributed by atoms with van der Waals surface area (Å²) < 4.78 is 1.33. The van der Waals surface area contributed by atoms with Crippen LogP contribution < -0.4 is 10.9 Å². The summed E-state index contributed by atoms with van der Waals surface area (Å²) in [6.45, 7) is 1.88. The maximum absolute atomic E-state index is 11.8. The Labute approximate surface area is 115 Å². The highest BCUT2D eigenvalue weighted by Crippen LogP contribution is 2.22. The molecule has 0 fully saturated rings. The number of hydrogen-bond acceptors (Lipinski definition) is 2. The van der Waals surface area contributed by atoms with Crippen LogP contribution in [-0.4, -0.2) is 10.5 Å². The van der Waals surface area contributed by atoms with Crippen molar-refractivity contribution in [1.82, 2.24) is 4.57 Å². The predicted octanol–water partition coefficient (Wildman–Crippen LogP) is 2.45. The summed E-state index contributed by atoms with van der Waals surface area (Å²) in [4.78, 5) is 23.3. The SMILES string of the molecule is Cc1ccc(NC(=O)Cn2ccccc2=O)c(Cl)c1. The van der Waals surface area contributed by atoms with Crippen LogP contribution in [0.15, 0.2) is 47.4 Å². The quantitative estimate of drug-likeness (QED) is 0.936. The Bertz CT molecular complexity index is 664. The first-order valence-electron chi connectivity index (χ1n) is 5.78. The molecule has 0 saturated carbocycles. The van der Waals surface area contributed by atoms with Gasteiger partial charge < -0.3 is 9.88 Å².